The SMILES string of the molecule is COCC(=O)N/N=C(\C)CC(=O)Nc1ccc(Cl)cc1. The first-order chi connectivity index (χ1) is 9.51. The summed E-state index contributed by atoms with van der Waals surface area (Å²) in [7, 11) is 1.41. The van der Waals surface area contributed by atoms with Crippen LogP contribution < -0.4 is 10.7 Å². The fraction of sp³-hybridized carbons (Fsp3) is 0.308. The summed E-state index contributed by atoms with van der Waals surface area (Å²) in [6.07, 6.45) is 0.0793. The molecule has 0 heterocycles. The lowest BCUT2D eigenvalue weighted by Crippen LogP contribution is -2.24. The molecule has 0 radical (unpaired) electrons. The lowest BCUT2D eigenvalue weighted by Gasteiger charge is -2.05. The van der Waals surface area contributed by atoms with E-state index in [1.807, 2.05) is 0 Å². The molecule has 7 heteroatoms. The zero-order valence-corrected chi connectivity index (χ0v) is 12.0. The smallest absolute Gasteiger partial charge is 0.266 e. The molecule has 0 spiro atoms. The van der Waals surface area contributed by atoms with Gasteiger partial charge in [0.15, 0.2) is 0 Å². The van der Waals surface area contributed by atoms with Crippen molar-refractivity contribution in [2.45, 2.75) is 13.3 Å². The highest BCUT2D eigenvalue weighted by Crippen LogP contribution is 2.13. The molecule has 2 N–H and O–H groups in total. The van der Waals surface area contributed by atoms with Gasteiger partial charge in [0.05, 0.1) is 6.42 Å². The fourth-order valence-corrected chi connectivity index (χ4v) is 1.46. The van der Waals surface area contributed by atoms with Gasteiger partial charge in [0.2, 0.25) is 5.91 Å². The third-order valence-corrected chi connectivity index (χ3v) is 2.44. The molecule has 1 aromatic rings. The number of anilines is 1. The first kappa shape index (κ1) is 16.1. The van der Waals surface area contributed by atoms with Crippen LogP contribution in [0.2, 0.25) is 5.02 Å². The van der Waals surface area contributed by atoms with E-state index in [1.54, 1.807) is 31.2 Å². The molecule has 20 heavy (non-hydrogen) atoms. The Morgan fingerprint density at radius 1 is 1.25 bits per heavy atom. The summed E-state index contributed by atoms with van der Waals surface area (Å²) in [4.78, 5) is 22.8. The average Bonchev–Trinajstić information content (AvgIpc) is 2.39. The van der Waals surface area contributed by atoms with Crippen molar-refractivity contribution in [2.24, 2.45) is 5.10 Å². The van der Waals surface area contributed by atoms with E-state index in [0.29, 0.717) is 16.4 Å². The second kappa shape index (κ2) is 8.29. The Morgan fingerprint density at radius 3 is 2.50 bits per heavy atom. The molecule has 0 fully saturated rings. The van der Waals surface area contributed by atoms with Crippen LogP contribution in [0.5, 0.6) is 0 Å². The Labute approximate surface area is 122 Å². The molecule has 0 atom stereocenters. The zero-order valence-electron chi connectivity index (χ0n) is 11.3. The van der Waals surface area contributed by atoms with Crippen molar-refractivity contribution < 1.29 is 14.3 Å². The molecule has 6 nitrogen and oxygen atoms in total. The maximum absolute atomic E-state index is 11.7. The van der Waals surface area contributed by atoms with Crippen molar-refractivity contribution in [3.63, 3.8) is 0 Å². The van der Waals surface area contributed by atoms with Crippen molar-refractivity contribution in [3.8, 4) is 0 Å². The van der Waals surface area contributed by atoms with Crippen LogP contribution >= 0.6 is 11.6 Å². The van der Waals surface area contributed by atoms with Crippen molar-refractivity contribution in [2.75, 3.05) is 19.0 Å². The second-order valence-electron chi connectivity index (χ2n) is 4.05. The number of hydrazone groups is 1. The number of hydrogen-bond acceptors (Lipinski definition) is 4. The van der Waals surface area contributed by atoms with Crippen LogP contribution in [0.3, 0.4) is 0 Å². The number of ether oxygens (including phenoxy) is 1. The first-order valence-corrected chi connectivity index (χ1v) is 6.25. The zero-order chi connectivity index (χ0) is 15.0. The van der Waals surface area contributed by atoms with Crippen LogP contribution in [0.25, 0.3) is 0 Å². The van der Waals surface area contributed by atoms with Crippen molar-refractivity contribution >= 4 is 34.8 Å². The van der Waals surface area contributed by atoms with E-state index in [-0.39, 0.29) is 24.8 Å². The maximum Gasteiger partial charge on any atom is 0.266 e. The first-order valence-electron chi connectivity index (χ1n) is 5.87. The van der Waals surface area contributed by atoms with E-state index in [4.69, 9.17) is 11.6 Å². The number of carbonyl (C=O) groups excluding carboxylic acids is 2. The van der Waals surface area contributed by atoms with Gasteiger partial charge in [-0.05, 0) is 31.2 Å². The molecular weight excluding hydrogens is 282 g/mol. The standard InChI is InChI=1S/C13H16ClN3O3/c1-9(16-17-13(19)8-20-2)7-12(18)15-11-5-3-10(14)4-6-11/h3-6H,7-8H2,1-2H3,(H,15,18)(H,17,19)/b16-9+. The van der Waals surface area contributed by atoms with Crippen molar-refractivity contribution in [3.05, 3.63) is 29.3 Å². The molecule has 2 amide bonds. The Bertz CT molecular complexity index is 500. The molecule has 0 saturated carbocycles. The van der Waals surface area contributed by atoms with Crippen LogP contribution in [-0.4, -0.2) is 31.2 Å². The monoisotopic (exact) mass is 297 g/mol. The topological polar surface area (TPSA) is 79.8 Å². The van der Waals surface area contributed by atoms with Gasteiger partial charge in [0, 0.05) is 23.5 Å². The molecule has 0 aliphatic heterocycles. The summed E-state index contributed by atoms with van der Waals surface area (Å²) in [5.41, 5.74) is 3.42. The Morgan fingerprint density at radius 2 is 1.90 bits per heavy atom. The van der Waals surface area contributed by atoms with E-state index < -0.39 is 0 Å². The van der Waals surface area contributed by atoms with E-state index in [2.05, 4.69) is 20.6 Å². The molecule has 0 saturated heterocycles. The number of nitrogens with one attached hydrogen (secondary N) is 2. The largest absolute Gasteiger partial charge is 0.375 e. The maximum atomic E-state index is 11.7. The quantitative estimate of drug-likeness (QED) is 0.621. The predicted molar refractivity (Wildman–Crippen MR) is 77.8 cm³/mol. The van der Waals surface area contributed by atoms with Gasteiger partial charge < -0.3 is 10.1 Å². The van der Waals surface area contributed by atoms with Crippen LogP contribution in [0.15, 0.2) is 29.4 Å². The summed E-state index contributed by atoms with van der Waals surface area (Å²) >= 11 is 5.75. The summed E-state index contributed by atoms with van der Waals surface area (Å²) in [5, 5.41) is 7.09. The van der Waals surface area contributed by atoms with E-state index in [9.17, 15) is 9.59 Å². The van der Waals surface area contributed by atoms with Gasteiger partial charge in [-0.15, -0.1) is 0 Å². The highest BCUT2D eigenvalue weighted by Gasteiger charge is 2.05. The average molecular weight is 298 g/mol. The van der Waals surface area contributed by atoms with Gasteiger partial charge in [-0.3, -0.25) is 9.59 Å². The number of amides is 2. The minimum absolute atomic E-state index is 0.0756. The highest BCUT2D eigenvalue weighted by molar-refractivity contribution is 6.30. The summed E-state index contributed by atoms with van der Waals surface area (Å²) in [5.74, 6) is -0.598. The van der Waals surface area contributed by atoms with E-state index in [0.717, 1.165) is 0 Å². The number of methoxy groups -OCH3 is 1. The van der Waals surface area contributed by atoms with Crippen LogP contribution in [0.1, 0.15) is 13.3 Å². The Hall–Kier alpha value is -1.92. The highest BCUT2D eigenvalue weighted by atomic mass is 35.5. The van der Waals surface area contributed by atoms with Gasteiger partial charge >= 0.3 is 0 Å². The molecule has 108 valence electrons. The van der Waals surface area contributed by atoms with E-state index >= 15 is 0 Å². The number of halogens is 1. The molecule has 0 aliphatic carbocycles. The van der Waals surface area contributed by atoms with E-state index in [1.165, 1.54) is 7.11 Å². The third-order valence-electron chi connectivity index (χ3n) is 2.19. The van der Waals surface area contributed by atoms with Crippen molar-refractivity contribution in [1.82, 2.24) is 5.43 Å². The lowest BCUT2D eigenvalue weighted by atomic mass is 10.2. The second-order valence-corrected chi connectivity index (χ2v) is 4.48. The minimum Gasteiger partial charge on any atom is -0.375 e. The summed E-state index contributed by atoms with van der Waals surface area (Å²) < 4.78 is 4.63. The number of hydrogen-bond donors (Lipinski definition) is 2. The van der Waals surface area contributed by atoms with Crippen LogP contribution in [0.4, 0.5) is 5.69 Å². The molecular formula is C13H16ClN3O3. The normalized spacial score (nSPS) is 11.1. The summed E-state index contributed by atoms with van der Waals surface area (Å²) in [6, 6.07) is 6.77. The fourth-order valence-electron chi connectivity index (χ4n) is 1.33. The third kappa shape index (κ3) is 6.31. The number of rotatable bonds is 6. The molecule has 0 aromatic heterocycles. The van der Waals surface area contributed by atoms with Gasteiger partial charge in [0.25, 0.3) is 5.91 Å². The number of nitrogens with zero attached hydrogens (tertiary/aromatic N) is 1. The van der Waals surface area contributed by atoms with Gasteiger partial charge in [0.1, 0.15) is 6.61 Å². The van der Waals surface area contributed by atoms with Gasteiger partial charge in [-0.2, -0.15) is 5.10 Å². The van der Waals surface area contributed by atoms with Crippen molar-refractivity contribution in [1.29, 1.82) is 0 Å². The molecule has 1 rings (SSSR count). The number of carbonyl (C=O) groups is 2. The molecule has 0 bridgehead atoms. The number of benzene rings is 1. The molecule has 1 aromatic carbocycles. The minimum atomic E-state index is -0.370. The molecule has 0 unspecified atom stereocenters. The lowest BCUT2D eigenvalue weighted by molar-refractivity contribution is -0.124. The summed E-state index contributed by atoms with van der Waals surface area (Å²) in [6.45, 7) is 1.57. The Kier molecular flexibility index (Phi) is 6.69. The van der Waals surface area contributed by atoms with Gasteiger partial charge in [-0.1, -0.05) is 11.6 Å². The molecule has 0 aliphatic rings. The van der Waals surface area contributed by atoms with Crippen LogP contribution in [0, 0.1) is 0 Å². The van der Waals surface area contributed by atoms with Crippen LogP contribution in [-0.2, 0) is 14.3 Å². The predicted octanol–water partition coefficient (Wildman–Crippen LogP) is 1.81. The Balaban J connectivity index is 2.43. The van der Waals surface area contributed by atoms with Gasteiger partial charge in [-0.25, -0.2) is 5.43 Å².